The van der Waals surface area contributed by atoms with E-state index in [4.69, 9.17) is 0 Å². The molecule has 21 heavy (non-hydrogen) atoms. The smallest absolute Gasteiger partial charge is 0.267 e. The van der Waals surface area contributed by atoms with Crippen LogP contribution in [-0.2, 0) is 10.0 Å². The minimum absolute atomic E-state index is 0.210. The van der Waals surface area contributed by atoms with Gasteiger partial charge in [0.2, 0.25) is 10.0 Å². The second-order valence-electron chi connectivity index (χ2n) is 5.35. The van der Waals surface area contributed by atoms with Crippen molar-refractivity contribution in [3.8, 4) is 0 Å². The summed E-state index contributed by atoms with van der Waals surface area (Å²) >= 11 is 0. The number of carbonyl (C=O) groups is 1. The SMILES string of the molecule is C=CCS(=O)(=O)N(CCCC(C)C)C(=O)c1ccccc1. The molecule has 1 aromatic carbocycles. The van der Waals surface area contributed by atoms with Gasteiger partial charge >= 0.3 is 0 Å². The van der Waals surface area contributed by atoms with Crippen LogP contribution in [-0.4, -0.2) is 30.9 Å². The van der Waals surface area contributed by atoms with E-state index in [-0.39, 0.29) is 12.3 Å². The van der Waals surface area contributed by atoms with Gasteiger partial charge < -0.3 is 0 Å². The molecule has 0 N–H and O–H groups in total. The van der Waals surface area contributed by atoms with Crippen molar-refractivity contribution in [3.63, 3.8) is 0 Å². The van der Waals surface area contributed by atoms with Crippen LogP contribution in [0.4, 0.5) is 0 Å². The van der Waals surface area contributed by atoms with E-state index in [0.717, 1.165) is 10.7 Å². The first-order chi connectivity index (χ1) is 9.88. The molecule has 0 radical (unpaired) electrons. The lowest BCUT2D eigenvalue weighted by molar-refractivity contribution is 0.0859. The third kappa shape index (κ3) is 5.34. The van der Waals surface area contributed by atoms with Gasteiger partial charge in [-0.15, -0.1) is 6.58 Å². The van der Waals surface area contributed by atoms with Crippen LogP contribution in [0.2, 0.25) is 0 Å². The summed E-state index contributed by atoms with van der Waals surface area (Å²) in [5.74, 6) is -0.227. The van der Waals surface area contributed by atoms with Gasteiger partial charge in [0, 0.05) is 12.1 Å². The van der Waals surface area contributed by atoms with Crippen molar-refractivity contribution < 1.29 is 13.2 Å². The van der Waals surface area contributed by atoms with Crippen LogP contribution in [0.1, 0.15) is 37.0 Å². The summed E-state index contributed by atoms with van der Waals surface area (Å²) in [5, 5.41) is 0. The number of rotatable bonds is 8. The van der Waals surface area contributed by atoms with Gasteiger partial charge in [-0.05, 0) is 30.9 Å². The van der Waals surface area contributed by atoms with Gasteiger partial charge in [-0.3, -0.25) is 4.79 Å². The first-order valence-electron chi connectivity index (χ1n) is 7.09. The third-order valence-electron chi connectivity index (χ3n) is 3.05. The number of nitrogens with zero attached hydrogens (tertiary/aromatic N) is 1. The number of sulfonamides is 1. The van der Waals surface area contributed by atoms with Crippen LogP contribution in [0.15, 0.2) is 43.0 Å². The van der Waals surface area contributed by atoms with E-state index in [2.05, 4.69) is 20.4 Å². The van der Waals surface area contributed by atoms with E-state index < -0.39 is 15.9 Å². The van der Waals surface area contributed by atoms with E-state index in [0.29, 0.717) is 17.9 Å². The predicted molar refractivity (Wildman–Crippen MR) is 85.5 cm³/mol. The molecule has 0 aliphatic heterocycles. The fourth-order valence-corrected chi connectivity index (χ4v) is 3.22. The van der Waals surface area contributed by atoms with E-state index in [9.17, 15) is 13.2 Å². The molecule has 5 heteroatoms. The summed E-state index contributed by atoms with van der Waals surface area (Å²) in [5.41, 5.74) is 0.384. The molecule has 0 bridgehead atoms. The third-order valence-corrected chi connectivity index (χ3v) is 4.73. The lowest BCUT2D eigenvalue weighted by atomic mass is 10.1. The fourth-order valence-electron chi connectivity index (χ4n) is 1.97. The fraction of sp³-hybridized carbons (Fsp3) is 0.438. The summed E-state index contributed by atoms with van der Waals surface area (Å²) in [6.45, 7) is 7.80. The van der Waals surface area contributed by atoms with Gasteiger partial charge in [0.1, 0.15) is 0 Å². The lowest BCUT2D eigenvalue weighted by Gasteiger charge is -2.22. The number of carbonyl (C=O) groups excluding carboxylic acids is 1. The number of hydrogen-bond donors (Lipinski definition) is 0. The summed E-state index contributed by atoms with van der Waals surface area (Å²) in [6, 6.07) is 8.49. The van der Waals surface area contributed by atoms with Gasteiger partial charge in [0.25, 0.3) is 5.91 Å². The molecular formula is C16H23NO3S. The van der Waals surface area contributed by atoms with Gasteiger partial charge in [0.05, 0.1) is 5.75 Å². The van der Waals surface area contributed by atoms with Crippen LogP contribution in [0.5, 0.6) is 0 Å². The van der Waals surface area contributed by atoms with Crippen LogP contribution >= 0.6 is 0 Å². The molecule has 0 saturated carbocycles. The van der Waals surface area contributed by atoms with E-state index in [1.807, 2.05) is 0 Å². The zero-order valence-corrected chi connectivity index (χ0v) is 13.5. The molecule has 0 aliphatic carbocycles. The van der Waals surface area contributed by atoms with Gasteiger partial charge in [-0.1, -0.05) is 38.1 Å². The zero-order valence-electron chi connectivity index (χ0n) is 12.7. The Morgan fingerprint density at radius 3 is 2.43 bits per heavy atom. The highest BCUT2D eigenvalue weighted by Crippen LogP contribution is 2.13. The Morgan fingerprint density at radius 2 is 1.90 bits per heavy atom. The Bertz CT molecular complexity index is 564. The van der Waals surface area contributed by atoms with Crippen LogP contribution in [0.3, 0.4) is 0 Å². The number of benzene rings is 1. The Kier molecular flexibility index (Phi) is 6.62. The van der Waals surface area contributed by atoms with Crippen molar-refractivity contribution in [2.45, 2.75) is 26.7 Å². The maximum atomic E-state index is 12.5. The molecular weight excluding hydrogens is 286 g/mol. The zero-order chi connectivity index (χ0) is 15.9. The van der Waals surface area contributed by atoms with Crippen molar-refractivity contribution >= 4 is 15.9 Å². The van der Waals surface area contributed by atoms with Crippen molar-refractivity contribution in [2.24, 2.45) is 5.92 Å². The lowest BCUT2D eigenvalue weighted by Crippen LogP contribution is -2.39. The molecule has 116 valence electrons. The quantitative estimate of drug-likeness (QED) is 0.693. The van der Waals surface area contributed by atoms with E-state index >= 15 is 0 Å². The van der Waals surface area contributed by atoms with E-state index in [1.54, 1.807) is 30.3 Å². The largest absolute Gasteiger partial charge is 0.268 e. The van der Waals surface area contributed by atoms with E-state index in [1.165, 1.54) is 6.08 Å². The molecule has 0 fully saturated rings. The van der Waals surface area contributed by atoms with Crippen LogP contribution < -0.4 is 0 Å². The minimum Gasteiger partial charge on any atom is -0.268 e. The van der Waals surface area contributed by atoms with Crippen LogP contribution in [0.25, 0.3) is 0 Å². The van der Waals surface area contributed by atoms with Crippen molar-refractivity contribution in [3.05, 3.63) is 48.6 Å². The molecule has 1 aromatic rings. The molecule has 0 aliphatic rings. The average Bonchev–Trinajstić information content (AvgIpc) is 2.43. The first kappa shape index (κ1) is 17.4. The van der Waals surface area contributed by atoms with Gasteiger partial charge in [0.15, 0.2) is 0 Å². The summed E-state index contributed by atoms with van der Waals surface area (Å²) < 4.78 is 25.5. The Morgan fingerprint density at radius 1 is 1.29 bits per heavy atom. The molecule has 0 atom stereocenters. The Balaban J connectivity index is 2.96. The predicted octanol–water partition coefficient (Wildman–Crippen LogP) is 3.08. The Hall–Kier alpha value is -1.62. The molecule has 4 nitrogen and oxygen atoms in total. The molecule has 0 saturated heterocycles. The van der Waals surface area contributed by atoms with Gasteiger partial charge in [-0.25, -0.2) is 12.7 Å². The van der Waals surface area contributed by atoms with Crippen molar-refractivity contribution in [1.29, 1.82) is 0 Å². The molecule has 1 rings (SSSR count). The summed E-state index contributed by atoms with van der Waals surface area (Å²) in [6.07, 6.45) is 2.85. The highest BCUT2D eigenvalue weighted by Gasteiger charge is 2.26. The monoisotopic (exact) mass is 309 g/mol. The number of amides is 1. The topological polar surface area (TPSA) is 54.5 Å². The molecule has 1 amide bonds. The highest BCUT2D eigenvalue weighted by atomic mass is 32.2. The molecule has 0 unspecified atom stereocenters. The average molecular weight is 309 g/mol. The highest BCUT2D eigenvalue weighted by molar-refractivity contribution is 7.89. The maximum absolute atomic E-state index is 12.5. The standard InChI is InChI=1S/C16H23NO3S/c1-4-13-21(19,20)17(12-8-9-14(2)3)16(18)15-10-6-5-7-11-15/h4-7,10-11,14H,1,8-9,12-13H2,2-3H3. The minimum atomic E-state index is -3.65. The van der Waals surface area contributed by atoms with Gasteiger partial charge in [-0.2, -0.15) is 0 Å². The Labute approximate surface area is 127 Å². The molecule has 0 aromatic heterocycles. The summed E-state index contributed by atoms with van der Waals surface area (Å²) in [4.78, 5) is 12.5. The normalized spacial score (nSPS) is 11.4. The summed E-state index contributed by atoms with van der Waals surface area (Å²) in [7, 11) is -3.65. The molecule has 0 heterocycles. The number of hydrogen-bond acceptors (Lipinski definition) is 3. The van der Waals surface area contributed by atoms with Crippen molar-refractivity contribution in [1.82, 2.24) is 4.31 Å². The second kappa shape index (κ2) is 7.98. The molecule has 0 spiro atoms. The first-order valence-corrected chi connectivity index (χ1v) is 8.70. The second-order valence-corrected chi connectivity index (χ2v) is 7.28. The van der Waals surface area contributed by atoms with Crippen molar-refractivity contribution in [2.75, 3.05) is 12.3 Å². The maximum Gasteiger partial charge on any atom is 0.267 e. The van der Waals surface area contributed by atoms with Crippen LogP contribution in [0, 0.1) is 5.92 Å².